The summed E-state index contributed by atoms with van der Waals surface area (Å²) in [6, 6.07) is 8.02. The molecule has 0 fully saturated rings. The van der Waals surface area contributed by atoms with Crippen molar-refractivity contribution < 1.29 is 13.9 Å². The molecule has 0 bridgehead atoms. The number of ether oxygens (including phenoxy) is 2. The maximum absolute atomic E-state index is 13.2. The van der Waals surface area contributed by atoms with Crippen LogP contribution in [0.4, 0.5) is 10.1 Å². The number of rotatable bonds is 7. The summed E-state index contributed by atoms with van der Waals surface area (Å²) in [6.07, 6.45) is 0.898. The number of methoxy groups -OCH3 is 1. The van der Waals surface area contributed by atoms with E-state index >= 15 is 0 Å². The standard InChI is InChI=1S/C17H18Cl2FNO2/c1-3-6-23-17-9-13(18)11(7-16(17)22-2)10-21-12-4-5-15(20)14(19)8-12/h4-5,7-9,21H,3,6,10H2,1-2H3. The highest BCUT2D eigenvalue weighted by molar-refractivity contribution is 6.31. The van der Waals surface area contributed by atoms with Gasteiger partial charge in [-0.25, -0.2) is 4.39 Å². The Balaban J connectivity index is 2.14. The first-order valence-electron chi connectivity index (χ1n) is 7.23. The zero-order valence-electron chi connectivity index (χ0n) is 13.0. The Morgan fingerprint density at radius 3 is 2.52 bits per heavy atom. The number of hydrogen-bond donors (Lipinski definition) is 1. The molecule has 6 heteroatoms. The number of halogens is 3. The normalized spacial score (nSPS) is 10.5. The van der Waals surface area contributed by atoms with Crippen LogP contribution in [0.3, 0.4) is 0 Å². The summed E-state index contributed by atoms with van der Waals surface area (Å²) >= 11 is 12.1. The summed E-state index contributed by atoms with van der Waals surface area (Å²) in [5, 5.41) is 3.79. The molecular weight excluding hydrogens is 340 g/mol. The van der Waals surface area contributed by atoms with Gasteiger partial charge in [0.15, 0.2) is 11.5 Å². The van der Waals surface area contributed by atoms with Crippen molar-refractivity contribution >= 4 is 28.9 Å². The van der Waals surface area contributed by atoms with Crippen LogP contribution in [0.1, 0.15) is 18.9 Å². The van der Waals surface area contributed by atoms with Gasteiger partial charge < -0.3 is 14.8 Å². The van der Waals surface area contributed by atoms with E-state index in [4.69, 9.17) is 32.7 Å². The van der Waals surface area contributed by atoms with Crippen molar-refractivity contribution in [2.24, 2.45) is 0 Å². The predicted octanol–water partition coefficient (Wildman–Crippen LogP) is 5.54. The smallest absolute Gasteiger partial charge is 0.162 e. The van der Waals surface area contributed by atoms with Gasteiger partial charge in [0, 0.05) is 23.3 Å². The molecule has 0 unspecified atom stereocenters. The molecule has 0 aliphatic rings. The van der Waals surface area contributed by atoms with Gasteiger partial charge in [-0.05, 0) is 36.2 Å². The zero-order valence-corrected chi connectivity index (χ0v) is 14.5. The second kappa shape index (κ2) is 8.27. The number of benzene rings is 2. The van der Waals surface area contributed by atoms with Crippen molar-refractivity contribution in [2.75, 3.05) is 19.0 Å². The highest BCUT2D eigenvalue weighted by Gasteiger charge is 2.11. The lowest BCUT2D eigenvalue weighted by Gasteiger charge is -2.14. The first-order valence-corrected chi connectivity index (χ1v) is 7.98. The van der Waals surface area contributed by atoms with Crippen LogP contribution in [0.5, 0.6) is 11.5 Å². The fraction of sp³-hybridized carbons (Fsp3) is 0.294. The van der Waals surface area contributed by atoms with E-state index in [1.807, 2.05) is 13.0 Å². The van der Waals surface area contributed by atoms with Crippen molar-refractivity contribution in [3.8, 4) is 11.5 Å². The lowest BCUT2D eigenvalue weighted by molar-refractivity contribution is 0.294. The minimum atomic E-state index is -0.450. The average molecular weight is 358 g/mol. The second-order valence-corrected chi connectivity index (χ2v) is 5.74. The van der Waals surface area contributed by atoms with E-state index in [1.165, 1.54) is 12.1 Å². The molecule has 0 aliphatic heterocycles. The van der Waals surface area contributed by atoms with Gasteiger partial charge in [-0.1, -0.05) is 30.1 Å². The molecule has 2 rings (SSSR count). The monoisotopic (exact) mass is 357 g/mol. The van der Waals surface area contributed by atoms with E-state index in [1.54, 1.807) is 19.2 Å². The first-order chi connectivity index (χ1) is 11.0. The molecule has 0 aliphatic carbocycles. The molecule has 0 amide bonds. The zero-order chi connectivity index (χ0) is 16.8. The van der Waals surface area contributed by atoms with Gasteiger partial charge in [0.2, 0.25) is 0 Å². The van der Waals surface area contributed by atoms with Gasteiger partial charge in [-0.15, -0.1) is 0 Å². The van der Waals surface area contributed by atoms with Gasteiger partial charge in [0.25, 0.3) is 0 Å². The molecule has 23 heavy (non-hydrogen) atoms. The van der Waals surface area contributed by atoms with Crippen LogP contribution in [0.25, 0.3) is 0 Å². The molecule has 124 valence electrons. The summed E-state index contributed by atoms with van der Waals surface area (Å²) in [7, 11) is 1.58. The van der Waals surface area contributed by atoms with E-state index in [-0.39, 0.29) is 5.02 Å². The minimum absolute atomic E-state index is 0.0713. The molecule has 0 heterocycles. The summed E-state index contributed by atoms with van der Waals surface area (Å²) in [5.74, 6) is 0.791. The van der Waals surface area contributed by atoms with Crippen molar-refractivity contribution in [1.82, 2.24) is 0 Å². The fourth-order valence-electron chi connectivity index (χ4n) is 2.00. The van der Waals surface area contributed by atoms with Crippen molar-refractivity contribution in [1.29, 1.82) is 0 Å². The topological polar surface area (TPSA) is 30.5 Å². The Kier molecular flexibility index (Phi) is 6.37. The molecule has 3 nitrogen and oxygen atoms in total. The maximum atomic E-state index is 13.2. The largest absolute Gasteiger partial charge is 0.493 e. The summed E-state index contributed by atoms with van der Waals surface area (Å²) in [4.78, 5) is 0. The van der Waals surface area contributed by atoms with E-state index < -0.39 is 5.82 Å². The van der Waals surface area contributed by atoms with E-state index in [0.717, 1.165) is 12.0 Å². The van der Waals surface area contributed by atoms with Crippen LogP contribution in [0.15, 0.2) is 30.3 Å². The third-order valence-corrected chi connectivity index (χ3v) is 3.84. The summed E-state index contributed by atoms with van der Waals surface area (Å²) < 4.78 is 24.1. The lowest BCUT2D eigenvalue weighted by Crippen LogP contribution is -2.03. The number of anilines is 1. The van der Waals surface area contributed by atoms with Crippen molar-refractivity contribution in [3.05, 3.63) is 51.8 Å². The minimum Gasteiger partial charge on any atom is -0.493 e. The number of nitrogens with one attached hydrogen (secondary N) is 1. The average Bonchev–Trinajstić information content (AvgIpc) is 2.55. The Bertz CT molecular complexity index is 680. The van der Waals surface area contributed by atoms with E-state index in [0.29, 0.717) is 35.4 Å². The van der Waals surface area contributed by atoms with Crippen LogP contribution in [-0.2, 0) is 6.54 Å². The van der Waals surface area contributed by atoms with Gasteiger partial charge in [-0.3, -0.25) is 0 Å². The third-order valence-electron chi connectivity index (χ3n) is 3.20. The SMILES string of the molecule is CCCOc1cc(Cl)c(CNc2ccc(F)c(Cl)c2)cc1OC. The summed E-state index contributed by atoms with van der Waals surface area (Å²) in [6.45, 7) is 3.07. The lowest BCUT2D eigenvalue weighted by atomic mass is 10.2. The predicted molar refractivity (Wildman–Crippen MR) is 92.5 cm³/mol. The molecule has 0 saturated heterocycles. The van der Waals surface area contributed by atoms with Crippen molar-refractivity contribution in [3.63, 3.8) is 0 Å². The van der Waals surface area contributed by atoms with Gasteiger partial charge in [-0.2, -0.15) is 0 Å². The molecule has 1 N–H and O–H groups in total. The molecule has 0 saturated carbocycles. The molecule has 2 aromatic carbocycles. The van der Waals surface area contributed by atoms with Crippen LogP contribution < -0.4 is 14.8 Å². The van der Waals surface area contributed by atoms with Crippen LogP contribution in [0.2, 0.25) is 10.0 Å². The highest BCUT2D eigenvalue weighted by Crippen LogP contribution is 2.34. The molecule has 0 aromatic heterocycles. The third kappa shape index (κ3) is 4.66. The van der Waals surface area contributed by atoms with E-state index in [9.17, 15) is 4.39 Å². The molecular formula is C17H18Cl2FNO2. The second-order valence-electron chi connectivity index (χ2n) is 4.93. The summed E-state index contributed by atoms with van der Waals surface area (Å²) in [5.41, 5.74) is 1.55. The van der Waals surface area contributed by atoms with Gasteiger partial charge >= 0.3 is 0 Å². The Morgan fingerprint density at radius 1 is 1.09 bits per heavy atom. The first kappa shape index (κ1) is 17.7. The van der Waals surface area contributed by atoms with Gasteiger partial charge in [0.05, 0.1) is 18.7 Å². The van der Waals surface area contributed by atoms with Crippen LogP contribution in [-0.4, -0.2) is 13.7 Å². The number of hydrogen-bond acceptors (Lipinski definition) is 3. The molecule has 0 radical (unpaired) electrons. The maximum Gasteiger partial charge on any atom is 0.162 e. The molecule has 0 spiro atoms. The van der Waals surface area contributed by atoms with Crippen molar-refractivity contribution in [2.45, 2.75) is 19.9 Å². The quantitative estimate of drug-likeness (QED) is 0.705. The molecule has 2 aromatic rings. The Morgan fingerprint density at radius 2 is 1.87 bits per heavy atom. The van der Waals surface area contributed by atoms with Crippen LogP contribution in [0, 0.1) is 5.82 Å². The molecule has 0 atom stereocenters. The fourth-order valence-corrected chi connectivity index (χ4v) is 2.40. The van der Waals surface area contributed by atoms with Crippen LogP contribution >= 0.6 is 23.2 Å². The van der Waals surface area contributed by atoms with E-state index in [2.05, 4.69) is 5.32 Å². The Labute approximate surface area is 145 Å². The van der Waals surface area contributed by atoms with Gasteiger partial charge in [0.1, 0.15) is 5.82 Å². The highest BCUT2D eigenvalue weighted by atomic mass is 35.5. The Hall–Kier alpha value is -1.65.